The Balaban J connectivity index is 1.93. The van der Waals surface area contributed by atoms with E-state index in [1.54, 1.807) is 36.5 Å². The van der Waals surface area contributed by atoms with Gasteiger partial charge >= 0.3 is 0 Å². The molecule has 0 spiro atoms. The maximum atomic E-state index is 14.8. The monoisotopic (exact) mass is 393 g/mol. The number of hydrogen-bond donors (Lipinski definition) is 2. The SMILES string of the molecule is Cc1ccc2ccc([C@H](Nc3ccccn3)c3c(F)cccc3Cl)c(O)c2n1. The molecule has 0 aliphatic heterocycles. The molecule has 0 unspecified atom stereocenters. The van der Waals surface area contributed by atoms with E-state index in [2.05, 4.69) is 15.3 Å². The highest BCUT2D eigenvalue weighted by Gasteiger charge is 2.25. The molecule has 2 N–H and O–H groups in total. The first-order valence-electron chi connectivity index (χ1n) is 8.75. The number of rotatable bonds is 4. The fourth-order valence-corrected chi connectivity index (χ4v) is 3.48. The average Bonchev–Trinajstić information content (AvgIpc) is 2.69. The molecule has 0 amide bonds. The van der Waals surface area contributed by atoms with Crippen LogP contribution in [0.4, 0.5) is 10.2 Å². The number of fused-ring (bicyclic) bond motifs is 1. The molecule has 6 heteroatoms. The maximum Gasteiger partial charge on any atom is 0.147 e. The molecule has 4 aromatic rings. The van der Waals surface area contributed by atoms with Crippen LogP contribution in [0.3, 0.4) is 0 Å². The summed E-state index contributed by atoms with van der Waals surface area (Å²) in [5, 5.41) is 15.2. The number of anilines is 1. The van der Waals surface area contributed by atoms with Crippen LogP contribution in [0.5, 0.6) is 5.75 Å². The zero-order chi connectivity index (χ0) is 19.7. The number of aryl methyl sites for hydroxylation is 1. The van der Waals surface area contributed by atoms with Crippen molar-refractivity contribution in [3.8, 4) is 5.75 Å². The molecule has 2 aromatic carbocycles. The van der Waals surface area contributed by atoms with Crippen molar-refractivity contribution in [1.29, 1.82) is 0 Å². The summed E-state index contributed by atoms with van der Waals surface area (Å²) in [6.07, 6.45) is 1.63. The van der Waals surface area contributed by atoms with Crippen molar-refractivity contribution in [2.24, 2.45) is 0 Å². The van der Waals surface area contributed by atoms with Crippen LogP contribution in [0.2, 0.25) is 5.02 Å². The number of hydrogen-bond acceptors (Lipinski definition) is 4. The van der Waals surface area contributed by atoms with Gasteiger partial charge in [-0.3, -0.25) is 0 Å². The Hall–Kier alpha value is -3.18. The molecule has 0 saturated heterocycles. The Bertz CT molecular complexity index is 1130. The van der Waals surface area contributed by atoms with Crippen LogP contribution >= 0.6 is 11.6 Å². The smallest absolute Gasteiger partial charge is 0.147 e. The number of nitrogens with zero attached hydrogens (tertiary/aromatic N) is 2. The van der Waals surface area contributed by atoms with E-state index in [-0.39, 0.29) is 16.3 Å². The van der Waals surface area contributed by atoms with E-state index in [1.807, 2.05) is 31.2 Å². The summed E-state index contributed by atoms with van der Waals surface area (Å²) in [6.45, 7) is 1.85. The molecule has 28 heavy (non-hydrogen) atoms. The first-order valence-corrected chi connectivity index (χ1v) is 9.13. The topological polar surface area (TPSA) is 58.0 Å². The number of phenols is 1. The van der Waals surface area contributed by atoms with Gasteiger partial charge in [0.05, 0.1) is 6.04 Å². The number of aromatic nitrogens is 2. The van der Waals surface area contributed by atoms with E-state index >= 15 is 0 Å². The van der Waals surface area contributed by atoms with Crippen molar-refractivity contribution in [2.45, 2.75) is 13.0 Å². The number of phenolic OH excluding ortho intramolecular Hbond substituents is 1. The van der Waals surface area contributed by atoms with E-state index in [9.17, 15) is 9.50 Å². The second-order valence-electron chi connectivity index (χ2n) is 6.46. The van der Waals surface area contributed by atoms with Gasteiger partial charge in [0, 0.05) is 33.4 Å². The zero-order valence-electron chi connectivity index (χ0n) is 15.0. The zero-order valence-corrected chi connectivity index (χ0v) is 15.8. The largest absolute Gasteiger partial charge is 0.505 e. The minimum atomic E-state index is -0.754. The van der Waals surface area contributed by atoms with Gasteiger partial charge in [0.2, 0.25) is 0 Å². The number of pyridine rings is 2. The second-order valence-corrected chi connectivity index (χ2v) is 6.86. The predicted octanol–water partition coefficient (Wildman–Crippen LogP) is 5.64. The van der Waals surface area contributed by atoms with Gasteiger partial charge in [-0.05, 0) is 37.3 Å². The van der Waals surface area contributed by atoms with Crippen molar-refractivity contribution in [2.75, 3.05) is 5.32 Å². The first kappa shape index (κ1) is 18.2. The molecule has 4 rings (SSSR count). The Labute approximate surface area is 166 Å². The molecule has 2 heterocycles. The van der Waals surface area contributed by atoms with Crippen molar-refractivity contribution in [3.63, 3.8) is 0 Å². The van der Waals surface area contributed by atoms with E-state index in [0.717, 1.165) is 11.1 Å². The Morgan fingerprint density at radius 3 is 2.61 bits per heavy atom. The van der Waals surface area contributed by atoms with E-state index < -0.39 is 11.9 Å². The quantitative estimate of drug-likeness (QED) is 0.471. The molecule has 0 bridgehead atoms. The van der Waals surface area contributed by atoms with Crippen molar-refractivity contribution >= 4 is 28.3 Å². The van der Waals surface area contributed by atoms with Gasteiger partial charge in [0.15, 0.2) is 0 Å². The molecule has 4 nitrogen and oxygen atoms in total. The molecule has 0 aliphatic carbocycles. The maximum absolute atomic E-state index is 14.8. The predicted molar refractivity (Wildman–Crippen MR) is 109 cm³/mol. The fourth-order valence-electron chi connectivity index (χ4n) is 3.21. The lowest BCUT2D eigenvalue weighted by atomic mass is 9.95. The number of aromatic hydroxyl groups is 1. The van der Waals surface area contributed by atoms with Crippen LogP contribution in [0.25, 0.3) is 10.9 Å². The molecule has 1 atom stereocenters. The summed E-state index contributed by atoms with van der Waals surface area (Å²) in [5.74, 6) is 0.0371. The van der Waals surface area contributed by atoms with Crippen LogP contribution in [0.15, 0.2) is 66.9 Å². The lowest BCUT2D eigenvalue weighted by molar-refractivity contribution is 0.470. The third-order valence-corrected chi connectivity index (χ3v) is 4.89. The van der Waals surface area contributed by atoms with Crippen molar-refractivity contribution < 1.29 is 9.50 Å². The highest BCUT2D eigenvalue weighted by Crippen LogP contribution is 2.39. The number of nitrogens with one attached hydrogen (secondary N) is 1. The molecule has 0 saturated carbocycles. The lowest BCUT2D eigenvalue weighted by Gasteiger charge is -2.23. The molecular formula is C22H17ClFN3O. The molecule has 0 radical (unpaired) electrons. The summed E-state index contributed by atoms with van der Waals surface area (Å²) >= 11 is 6.34. The summed E-state index contributed by atoms with van der Waals surface area (Å²) in [5.41, 5.74) is 1.93. The third-order valence-electron chi connectivity index (χ3n) is 4.56. The van der Waals surface area contributed by atoms with Gasteiger partial charge in [-0.2, -0.15) is 0 Å². The summed E-state index contributed by atoms with van der Waals surface area (Å²) in [6, 6.07) is 16.5. The Morgan fingerprint density at radius 1 is 1.04 bits per heavy atom. The normalized spacial score (nSPS) is 12.1. The minimum absolute atomic E-state index is 0.0195. The van der Waals surface area contributed by atoms with Gasteiger partial charge in [-0.1, -0.05) is 41.9 Å². The second kappa shape index (κ2) is 7.44. The van der Waals surface area contributed by atoms with Gasteiger partial charge in [0.1, 0.15) is 22.9 Å². The standard InChI is InChI=1S/C22H17ClFN3O/c1-13-8-9-14-10-11-15(22(28)20(14)26-13)21(27-18-7-2-3-12-25-18)19-16(23)5-4-6-17(19)24/h2-12,21,28H,1H3,(H,25,27)/t21-/m0/s1. The first-order chi connectivity index (χ1) is 13.5. The highest BCUT2D eigenvalue weighted by atomic mass is 35.5. The van der Waals surface area contributed by atoms with Crippen LogP contribution < -0.4 is 5.32 Å². The van der Waals surface area contributed by atoms with E-state index in [4.69, 9.17) is 11.6 Å². The van der Waals surface area contributed by atoms with Gasteiger partial charge < -0.3 is 10.4 Å². The number of halogens is 2. The van der Waals surface area contributed by atoms with Gasteiger partial charge in [-0.15, -0.1) is 0 Å². The number of benzene rings is 2. The van der Waals surface area contributed by atoms with Crippen molar-refractivity contribution in [3.05, 3.63) is 94.5 Å². The summed E-state index contributed by atoms with van der Waals surface area (Å²) in [7, 11) is 0. The van der Waals surface area contributed by atoms with Gasteiger partial charge in [0.25, 0.3) is 0 Å². The Morgan fingerprint density at radius 2 is 1.86 bits per heavy atom. The molecule has 2 aromatic heterocycles. The Kier molecular flexibility index (Phi) is 4.84. The van der Waals surface area contributed by atoms with Crippen LogP contribution in [0.1, 0.15) is 22.9 Å². The molecule has 0 fully saturated rings. The minimum Gasteiger partial charge on any atom is -0.505 e. The fraction of sp³-hybridized carbons (Fsp3) is 0.0909. The average molecular weight is 394 g/mol. The van der Waals surface area contributed by atoms with E-state index in [1.165, 1.54) is 6.07 Å². The summed E-state index contributed by atoms with van der Waals surface area (Å²) < 4.78 is 14.8. The van der Waals surface area contributed by atoms with Crippen LogP contribution in [0, 0.1) is 12.7 Å². The molecular weight excluding hydrogens is 377 g/mol. The van der Waals surface area contributed by atoms with Gasteiger partial charge in [-0.25, -0.2) is 14.4 Å². The van der Waals surface area contributed by atoms with Crippen molar-refractivity contribution in [1.82, 2.24) is 9.97 Å². The van der Waals surface area contributed by atoms with E-state index in [0.29, 0.717) is 16.9 Å². The highest BCUT2D eigenvalue weighted by molar-refractivity contribution is 6.31. The summed E-state index contributed by atoms with van der Waals surface area (Å²) in [4.78, 5) is 8.70. The molecule has 0 aliphatic rings. The molecule has 140 valence electrons. The third kappa shape index (κ3) is 3.37. The van der Waals surface area contributed by atoms with Crippen LogP contribution in [-0.4, -0.2) is 15.1 Å². The lowest BCUT2D eigenvalue weighted by Crippen LogP contribution is -2.16. The van der Waals surface area contributed by atoms with Crippen LogP contribution in [-0.2, 0) is 0 Å².